The molecule has 2 aromatic rings. The van der Waals surface area contributed by atoms with Crippen LogP contribution in [0.15, 0.2) is 22.2 Å². The molecule has 2 saturated heterocycles. The minimum Gasteiger partial charge on any atom is -0.336 e. The van der Waals surface area contributed by atoms with Gasteiger partial charge in [0.05, 0.1) is 5.69 Å². The zero-order chi connectivity index (χ0) is 15.6. The fraction of sp³-hybridized carbons (Fsp3) is 0.500. The largest absolute Gasteiger partial charge is 0.336 e. The maximum absolute atomic E-state index is 11.8. The molecule has 2 aliphatic rings. The van der Waals surface area contributed by atoms with Gasteiger partial charge in [0.1, 0.15) is 5.01 Å². The SMILES string of the molecule is O=C1NCCN1C1CCN(Cc2csc(-c3ccsc3)n2)CC1. The lowest BCUT2D eigenvalue weighted by atomic mass is 10.0. The first-order valence-corrected chi connectivity index (χ1v) is 9.85. The second kappa shape index (κ2) is 6.59. The quantitative estimate of drug-likeness (QED) is 0.924. The molecule has 4 heterocycles. The van der Waals surface area contributed by atoms with Gasteiger partial charge in [-0.05, 0) is 24.3 Å². The molecule has 5 nitrogen and oxygen atoms in total. The molecule has 2 aliphatic heterocycles. The molecule has 2 fully saturated rings. The maximum atomic E-state index is 11.8. The second-order valence-electron chi connectivity index (χ2n) is 6.09. The standard InChI is InChI=1S/C16H20N4OS2/c21-16-17-4-7-20(16)14-1-5-19(6-2-14)9-13-11-23-15(18-13)12-3-8-22-10-12/h3,8,10-11,14H,1-2,4-7,9H2,(H,17,21). The van der Waals surface area contributed by atoms with Gasteiger partial charge in [-0.3, -0.25) is 4.90 Å². The summed E-state index contributed by atoms with van der Waals surface area (Å²) in [4.78, 5) is 21.0. The van der Waals surface area contributed by atoms with Gasteiger partial charge >= 0.3 is 6.03 Å². The van der Waals surface area contributed by atoms with Crippen molar-refractivity contribution in [2.45, 2.75) is 25.4 Å². The number of rotatable bonds is 4. The van der Waals surface area contributed by atoms with Crippen LogP contribution in [-0.4, -0.2) is 53.0 Å². The van der Waals surface area contributed by atoms with Crippen LogP contribution in [0.1, 0.15) is 18.5 Å². The van der Waals surface area contributed by atoms with E-state index in [2.05, 4.69) is 32.4 Å². The summed E-state index contributed by atoms with van der Waals surface area (Å²) in [5, 5.41) is 10.4. The summed E-state index contributed by atoms with van der Waals surface area (Å²) in [5.41, 5.74) is 2.39. The number of nitrogens with one attached hydrogen (secondary N) is 1. The number of hydrogen-bond donors (Lipinski definition) is 1. The van der Waals surface area contributed by atoms with Gasteiger partial charge in [-0.2, -0.15) is 11.3 Å². The molecule has 0 saturated carbocycles. The Kier molecular flexibility index (Phi) is 4.33. The lowest BCUT2D eigenvalue weighted by molar-refractivity contribution is 0.131. The topological polar surface area (TPSA) is 48.5 Å². The van der Waals surface area contributed by atoms with Gasteiger partial charge in [-0.25, -0.2) is 9.78 Å². The van der Waals surface area contributed by atoms with E-state index in [9.17, 15) is 4.79 Å². The Labute approximate surface area is 143 Å². The van der Waals surface area contributed by atoms with Crippen LogP contribution in [0.25, 0.3) is 10.6 Å². The molecule has 0 atom stereocenters. The van der Waals surface area contributed by atoms with E-state index in [1.807, 2.05) is 4.90 Å². The summed E-state index contributed by atoms with van der Waals surface area (Å²) in [6, 6.07) is 2.65. The molecular formula is C16H20N4OS2. The van der Waals surface area contributed by atoms with E-state index in [0.29, 0.717) is 6.04 Å². The van der Waals surface area contributed by atoms with Crippen LogP contribution >= 0.6 is 22.7 Å². The van der Waals surface area contributed by atoms with Crippen molar-refractivity contribution >= 4 is 28.7 Å². The molecule has 122 valence electrons. The predicted molar refractivity (Wildman–Crippen MR) is 93.8 cm³/mol. The number of aromatic nitrogens is 1. The summed E-state index contributed by atoms with van der Waals surface area (Å²) in [7, 11) is 0. The average molecular weight is 348 g/mol. The molecule has 1 N–H and O–H groups in total. The van der Waals surface area contributed by atoms with Crippen LogP contribution in [0, 0.1) is 0 Å². The van der Waals surface area contributed by atoms with Crippen LogP contribution in [0.5, 0.6) is 0 Å². The zero-order valence-electron chi connectivity index (χ0n) is 12.9. The lowest BCUT2D eigenvalue weighted by Gasteiger charge is -2.35. The van der Waals surface area contributed by atoms with Crippen molar-refractivity contribution in [2.24, 2.45) is 0 Å². The Morgan fingerprint density at radius 2 is 2.13 bits per heavy atom. The number of likely N-dealkylation sites (tertiary alicyclic amines) is 1. The summed E-state index contributed by atoms with van der Waals surface area (Å²) >= 11 is 3.44. The first-order chi connectivity index (χ1) is 11.3. The highest BCUT2D eigenvalue weighted by Gasteiger charge is 2.30. The Hall–Kier alpha value is -1.44. The summed E-state index contributed by atoms with van der Waals surface area (Å²) < 4.78 is 0. The first-order valence-electron chi connectivity index (χ1n) is 8.03. The van der Waals surface area contributed by atoms with Crippen LogP contribution in [0.2, 0.25) is 0 Å². The molecule has 0 unspecified atom stereocenters. The number of piperidine rings is 1. The number of carbonyl (C=O) groups excluding carboxylic acids is 1. The van der Waals surface area contributed by atoms with Crippen molar-refractivity contribution in [1.29, 1.82) is 0 Å². The number of amides is 2. The van der Waals surface area contributed by atoms with E-state index < -0.39 is 0 Å². The molecule has 2 amide bonds. The van der Waals surface area contributed by atoms with Crippen molar-refractivity contribution in [3.8, 4) is 10.6 Å². The fourth-order valence-corrected chi connectivity index (χ4v) is 4.87. The number of thiazole rings is 1. The minimum absolute atomic E-state index is 0.114. The number of thiophene rings is 1. The van der Waals surface area contributed by atoms with Gasteiger partial charge < -0.3 is 10.2 Å². The van der Waals surface area contributed by atoms with E-state index in [4.69, 9.17) is 4.98 Å². The van der Waals surface area contributed by atoms with Crippen LogP contribution in [0.4, 0.5) is 4.79 Å². The molecule has 0 spiro atoms. The number of nitrogens with zero attached hydrogens (tertiary/aromatic N) is 3. The highest BCUT2D eigenvalue weighted by Crippen LogP contribution is 2.27. The Bertz CT molecular complexity index is 661. The predicted octanol–water partition coefficient (Wildman–Crippen LogP) is 2.86. The van der Waals surface area contributed by atoms with Gasteiger partial charge in [0.2, 0.25) is 0 Å². The molecule has 0 bridgehead atoms. The van der Waals surface area contributed by atoms with E-state index in [0.717, 1.165) is 56.3 Å². The first kappa shape index (κ1) is 15.1. The van der Waals surface area contributed by atoms with E-state index in [-0.39, 0.29) is 6.03 Å². The summed E-state index contributed by atoms with van der Waals surface area (Å²) in [5.74, 6) is 0. The summed E-state index contributed by atoms with van der Waals surface area (Å²) in [6.45, 7) is 4.65. The Morgan fingerprint density at radius 1 is 1.26 bits per heavy atom. The van der Waals surface area contributed by atoms with Crippen LogP contribution in [0.3, 0.4) is 0 Å². The van der Waals surface area contributed by atoms with Gasteiger partial charge in [0, 0.05) is 55.1 Å². The normalized spacial score (nSPS) is 20.2. The van der Waals surface area contributed by atoms with Crippen molar-refractivity contribution in [2.75, 3.05) is 26.2 Å². The lowest BCUT2D eigenvalue weighted by Crippen LogP contribution is -2.45. The molecule has 4 rings (SSSR count). The zero-order valence-corrected chi connectivity index (χ0v) is 14.5. The highest BCUT2D eigenvalue weighted by atomic mass is 32.1. The fourth-order valence-electron chi connectivity index (χ4n) is 3.35. The molecule has 0 aliphatic carbocycles. The number of carbonyl (C=O) groups is 1. The van der Waals surface area contributed by atoms with Gasteiger partial charge in [0.25, 0.3) is 0 Å². The molecule has 0 aromatic carbocycles. The molecule has 7 heteroatoms. The van der Waals surface area contributed by atoms with Gasteiger partial charge in [-0.15, -0.1) is 11.3 Å². The summed E-state index contributed by atoms with van der Waals surface area (Å²) in [6.07, 6.45) is 2.13. The third-order valence-electron chi connectivity index (χ3n) is 4.59. The molecule has 23 heavy (non-hydrogen) atoms. The monoisotopic (exact) mass is 348 g/mol. The van der Waals surface area contributed by atoms with Crippen molar-refractivity contribution in [3.63, 3.8) is 0 Å². The Morgan fingerprint density at radius 3 is 2.83 bits per heavy atom. The van der Waals surface area contributed by atoms with Gasteiger partial charge in [0.15, 0.2) is 0 Å². The third-order valence-corrected chi connectivity index (χ3v) is 6.22. The molecular weight excluding hydrogens is 328 g/mol. The molecule has 0 radical (unpaired) electrons. The highest BCUT2D eigenvalue weighted by molar-refractivity contribution is 7.14. The van der Waals surface area contributed by atoms with Crippen LogP contribution < -0.4 is 5.32 Å². The smallest absolute Gasteiger partial charge is 0.317 e. The van der Waals surface area contributed by atoms with E-state index >= 15 is 0 Å². The number of urea groups is 1. The van der Waals surface area contributed by atoms with Crippen LogP contribution in [-0.2, 0) is 6.54 Å². The maximum Gasteiger partial charge on any atom is 0.317 e. The Balaban J connectivity index is 1.32. The number of hydrogen-bond acceptors (Lipinski definition) is 5. The van der Waals surface area contributed by atoms with E-state index in [1.54, 1.807) is 22.7 Å². The molecule has 2 aromatic heterocycles. The van der Waals surface area contributed by atoms with E-state index in [1.165, 1.54) is 5.56 Å². The second-order valence-corrected chi connectivity index (χ2v) is 7.73. The van der Waals surface area contributed by atoms with Crippen molar-refractivity contribution in [3.05, 3.63) is 27.9 Å². The average Bonchev–Trinajstić information content (AvgIpc) is 3.29. The van der Waals surface area contributed by atoms with Gasteiger partial charge in [-0.1, -0.05) is 0 Å². The van der Waals surface area contributed by atoms with Crippen molar-refractivity contribution < 1.29 is 4.79 Å². The third kappa shape index (κ3) is 3.27. The van der Waals surface area contributed by atoms with Crippen molar-refractivity contribution in [1.82, 2.24) is 20.1 Å². The minimum atomic E-state index is 0.114.